The molecule has 9 nitrogen and oxygen atoms in total. The van der Waals surface area contributed by atoms with Crippen molar-refractivity contribution >= 4 is 51.4 Å². The van der Waals surface area contributed by atoms with E-state index in [4.69, 9.17) is 5.11 Å². The van der Waals surface area contributed by atoms with Crippen LogP contribution in [0.25, 0.3) is 0 Å². The van der Waals surface area contributed by atoms with Gasteiger partial charge in [-0.25, -0.2) is 4.72 Å². The van der Waals surface area contributed by atoms with Crippen molar-refractivity contribution in [2.75, 3.05) is 6.26 Å². The molecule has 23 heavy (non-hydrogen) atoms. The molecule has 0 heterocycles. The summed E-state index contributed by atoms with van der Waals surface area (Å²) in [4.78, 5) is 21.3. The monoisotopic (exact) mass is 385 g/mol. The Hall–Kier alpha value is -1.08. The third-order valence-electron chi connectivity index (χ3n) is 2.15. The zero-order valence-electron chi connectivity index (χ0n) is 12.2. The summed E-state index contributed by atoms with van der Waals surface area (Å²) >= 11 is 2.29. The van der Waals surface area contributed by atoms with Crippen molar-refractivity contribution in [3.8, 4) is 0 Å². The van der Waals surface area contributed by atoms with Crippen molar-refractivity contribution in [1.29, 1.82) is 0 Å². The quantitative estimate of drug-likeness (QED) is 0.0952. The Morgan fingerprint density at radius 2 is 2.17 bits per heavy atom. The van der Waals surface area contributed by atoms with E-state index in [1.807, 2.05) is 17.7 Å². The molecule has 0 rings (SSSR count). The Labute approximate surface area is 143 Å². The number of aldehydes is 1. The Balaban J connectivity index is 4.62. The van der Waals surface area contributed by atoms with Crippen LogP contribution < -0.4 is 4.72 Å². The summed E-state index contributed by atoms with van der Waals surface area (Å²) in [6.07, 6.45) is 4.86. The van der Waals surface area contributed by atoms with Gasteiger partial charge in [0.25, 0.3) is 10.4 Å². The van der Waals surface area contributed by atoms with Crippen molar-refractivity contribution in [3.63, 3.8) is 0 Å². The van der Waals surface area contributed by atoms with Crippen LogP contribution in [-0.4, -0.2) is 47.7 Å². The van der Waals surface area contributed by atoms with Gasteiger partial charge in [-0.2, -0.15) is 8.42 Å². The SMILES string of the molecule is CS/C=C/CC/C(=N/OS(=O)(=O)[O-])SN[C@H](C=O)CCC(=O)O. The number of carboxylic acid groups (broad SMARTS) is 1. The molecule has 1 atom stereocenters. The number of carbonyl (C=O) groups excluding carboxylic acids is 1. The van der Waals surface area contributed by atoms with E-state index in [0.717, 1.165) is 11.9 Å². The van der Waals surface area contributed by atoms with E-state index in [9.17, 15) is 22.6 Å². The Kier molecular flexibility index (Phi) is 11.8. The summed E-state index contributed by atoms with van der Waals surface area (Å²) in [5, 5.41) is 13.8. The average molecular weight is 385 g/mol. The molecule has 0 unspecified atom stereocenters. The minimum absolute atomic E-state index is 0.0617. The first-order valence-corrected chi connectivity index (χ1v) is 9.71. The van der Waals surface area contributed by atoms with Crippen molar-refractivity contribution in [1.82, 2.24) is 4.72 Å². The van der Waals surface area contributed by atoms with Crippen LogP contribution in [0.2, 0.25) is 0 Å². The van der Waals surface area contributed by atoms with Gasteiger partial charge in [0.15, 0.2) is 0 Å². The maximum Gasteiger partial charge on any atom is 0.303 e. The third kappa shape index (κ3) is 14.3. The number of rotatable bonds is 12. The molecule has 0 fully saturated rings. The van der Waals surface area contributed by atoms with Gasteiger partial charge in [-0.1, -0.05) is 11.2 Å². The van der Waals surface area contributed by atoms with Gasteiger partial charge in [0.2, 0.25) is 0 Å². The topological polar surface area (TPSA) is 145 Å². The number of thioether (sulfide) groups is 1. The van der Waals surface area contributed by atoms with Crippen molar-refractivity contribution in [2.45, 2.75) is 31.7 Å². The van der Waals surface area contributed by atoms with E-state index in [2.05, 4.69) is 14.2 Å². The van der Waals surface area contributed by atoms with E-state index in [-0.39, 0.29) is 24.3 Å². The molecule has 2 N–H and O–H groups in total. The first-order chi connectivity index (χ1) is 10.8. The molecule has 0 aromatic rings. The normalized spacial score (nSPS) is 13.9. The molecule has 0 saturated carbocycles. The number of hydrogen-bond acceptors (Lipinski definition) is 10. The highest BCUT2D eigenvalue weighted by molar-refractivity contribution is 8.12. The summed E-state index contributed by atoms with van der Waals surface area (Å²) < 4.78 is 37.8. The van der Waals surface area contributed by atoms with Gasteiger partial charge in [-0.15, -0.1) is 11.8 Å². The molecule has 0 radical (unpaired) electrons. The second-order valence-electron chi connectivity index (χ2n) is 4.01. The number of carbonyl (C=O) groups is 2. The lowest BCUT2D eigenvalue weighted by atomic mass is 10.2. The number of carboxylic acids is 1. The fourth-order valence-electron chi connectivity index (χ4n) is 1.15. The zero-order chi connectivity index (χ0) is 17.7. The highest BCUT2D eigenvalue weighted by Crippen LogP contribution is 2.11. The van der Waals surface area contributed by atoms with Gasteiger partial charge in [-0.05, 0) is 36.5 Å². The number of aliphatic carboxylic acids is 1. The molecule has 132 valence electrons. The maximum atomic E-state index is 10.8. The lowest BCUT2D eigenvalue weighted by Crippen LogP contribution is -2.27. The lowest BCUT2D eigenvalue weighted by Gasteiger charge is -2.12. The van der Waals surface area contributed by atoms with E-state index in [0.29, 0.717) is 12.7 Å². The molecule has 0 amide bonds. The smallest absolute Gasteiger partial charge is 0.303 e. The molecule has 12 heteroatoms. The number of nitrogens with one attached hydrogen (secondary N) is 1. The average Bonchev–Trinajstić information content (AvgIpc) is 2.47. The van der Waals surface area contributed by atoms with Gasteiger partial charge in [0, 0.05) is 12.8 Å². The standard InChI is InChI=1S/C11H18N2O7S3/c1-21-7-3-2-4-10(12-20-23(17,18)19)22-13-9(8-14)5-6-11(15)16/h3,7-9,13H,2,4-6H2,1H3,(H,15,16)(H,17,18,19)/p-1/b7-3+,12-10-/t9-/m0/s1. The summed E-state index contributed by atoms with van der Waals surface area (Å²) in [6.45, 7) is 0. The van der Waals surface area contributed by atoms with Crippen LogP contribution in [0.3, 0.4) is 0 Å². The molecule has 0 aromatic carbocycles. The molecule has 0 spiro atoms. The van der Waals surface area contributed by atoms with Crippen LogP contribution in [0.1, 0.15) is 25.7 Å². The van der Waals surface area contributed by atoms with Crippen molar-refractivity contribution < 1.29 is 31.9 Å². The molecule has 0 aromatic heterocycles. The molecular weight excluding hydrogens is 368 g/mol. The second-order valence-corrected chi connectivity index (χ2v) is 6.63. The lowest BCUT2D eigenvalue weighted by molar-refractivity contribution is -0.137. The number of oxime groups is 1. The van der Waals surface area contributed by atoms with E-state index >= 15 is 0 Å². The molecule has 0 saturated heterocycles. The predicted molar refractivity (Wildman–Crippen MR) is 87.6 cm³/mol. The Bertz CT molecular complexity index is 534. The Morgan fingerprint density at radius 3 is 2.70 bits per heavy atom. The highest BCUT2D eigenvalue weighted by atomic mass is 32.3. The van der Waals surface area contributed by atoms with Crippen LogP contribution in [0.4, 0.5) is 0 Å². The second kappa shape index (κ2) is 12.4. The third-order valence-corrected chi connectivity index (χ3v) is 3.81. The Morgan fingerprint density at radius 1 is 1.48 bits per heavy atom. The molecule has 0 bridgehead atoms. The van der Waals surface area contributed by atoms with Crippen molar-refractivity contribution in [3.05, 3.63) is 11.5 Å². The first-order valence-electron chi connectivity index (χ1n) is 6.27. The number of nitrogens with zero attached hydrogens (tertiary/aromatic N) is 1. The van der Waals surface area contributed by atoms with Crippen LogP contribution >= 0.6 is 23.7 Å². The molecular formula is C11H17N2O7S3-. The number of allylic oxidation sites excluding steroid dienone is 1. The minimum atomic E-state index is -4.97. The fourth-order valence-corrected chi connectivity index (χ4v) is 2.46. The van der Waals surface area contributed by atoms with Crippen LogP contribution in [0.5, 0.6) is 0 Å². The van der Waals surface area contributed by atoms with Gasteiger partial charge in [-0.3, -0.25) is 9.08 Å². The zero-order valence-corrected chi connectivity index (χ0v) is 14.7. The van der Waals surface area contributed by atoms with E-state index in [1.54, 1.807) is 0 Å². The maximum absolute atomic E-state index is 10.8. The van der Waals surface area contributed by atoms with Gasteiger partial charge >= 0.3 is 5.97 Å². The summed E-state index contributed by atoms with van der Waals surface area (Å²) in [5.41, 5.74) is 0. The fraction of sp³-hybridized carbons (Fsp3) is 0.545. The largest absolute Gasteiger partial charge is 0.714 e. The summed E-state index contributed by atoms with van der Waals surface area (Å²) in [5.74, 6) is -1.04. The minimum Gasteiger partial charge on any atom is -0.714 e. The van der Waals surface area contributed by atoms with Gasteiger partial charge < -0.3 is 14.5 Å². The van der Waals surface area contributed by atoms with E-state index < -0.39 is 22.4 Å². The summed E-state index contributed by atoms with van der Waals surface area (Å²) in [6, 6.07) is -0.758. The van der Waals surface area contributed by atoms with E-state index in [1.165, 1.54) is 11.8 Å². The number of hydrogen-bond donors (Lipinski definition) is 2. The summed E-state index contributed by atoms with van der Waals surface area (Å²) in [7, 11) is -4.97. The van der Waals surface area contributed by atoms with Gasteiger partial charge in [0.05, 0.1) is 6.04 Å². The van der Waals surface area contributed by atoms with Crippen LogP contribution in [0, 0.1) is 0 Å². The molecule has 0 aliphatic carbocycles. The van der Waals surface area contributed by atoms with Crippen LogP contribution in [-0.2, 0) is 24.3 Å². The van der Waals surface area contributed by atoms with Crippen LogP contribution in [0.15, 0.2) is 16.6 Å². The van der Waals surface area contributed by atoms with Crippen molar-refractivity contribution in [2.24, 2.45) is 5.16 Å². The molecule has 0 aliphatic rings. The predicted octanol–water partition coefficient (Wildman–Crippen LogP) is 1.10. The highest BCUT2D eigenvalue weighted by Gasteiger charge is 2.12. The molecule has 0 aliphatic heterocycles. The first kappa shape index (κ1) is 21.9. The van der Waals surface area contributed by atoms with Gasteiger partial charge in [0.1, 0.15) is 11.3 Å².